The molecule has 0 saturated carbocycles. The second kappa shape index (κ2) is 7.90. The van der Waals surface area contributed by atoms with E-state index in [4.69, 9.17) is 4.74 Å². The first-order valence-corrected chi connectivity index (χ1v) is 8.46. The van der Waals surface area contributed by atoms with E-state index in [0.29, 0.717) is 12.3 Å². The Morgan fingerprint density at radius 3 is 2.84 bits per heavy atom. The fourth-order valence-electron chi connectivity index (χ4n) is 2.77. The molecule has 1 aromatic heterocycles. The number of likely N-dealkylation sites (N-methyl/N-ethyl adjacent to an activating group) is 1. The van der Waals surface area contributed by atoms with E-state index < -0.39 is 0 Å². The number of aromatic hydroxyl groups is 1. The molecule has 0 radical (unpaired) electrons. The lowest BCUT2D eigenvalue weighted by Crippen LogP contribution is -2.28. The monoisotopic (exact) mass is 340 g/mol. The zero-order chi connectivity index (χ0) is 17.6. The lowest BCUT2D eigenvalue weighted by Gasteiger charge is -2.21. The summed E-state index contributed by atoms with van der Waals surface area (Å²) in [6.45, 7) is 5.26. The van der Waals surface area contributed by atoms with Gasteiger partial charge in [-0.25, -0.2) is 4.98 Å². The van der Waals surface area contributed by atoms with Gasteiger partial charge < -0.3 is 20.1 Å². The third kappa shape index (κ3) is 4.22. The number of rotatable bonds is 8. The number of hydrogen-bond donors (Lipinski definition) is 3. The third-order valence-corrected chi connectivity index (χ3v) is 4.24. The average Bonchev–Trinajstić information content (AvgIpc) is 3.05. The largest absolute Gasteiger partial charge is 0.508 e. The summed E-state index contributed by atoms with van der Waals surface area (Å²) < 4.78 is 5.24. The van der Waals surface area contributed by atoms with Crippen LogP contribution in [0.15, 0.2) is 42.5 Å². The van der Waals surface area contributed by atoms with Crippen LogP contribution in [0.25, 0.3) is 11.0 Å². The molecule has 132 valence electrons. The van der Waals surface area contributed by atoms with Gasteiger partial charge in [0.05, 0.1) is 18.1 Å². The normalized spacial score (nSPS) is 11.2. The van der Waals surface area contributed by atoms with Gasteiger partial charge in [0.2, 0.25) is 5.95 Å². The van der Waals surface area contributed by atoms with Crippen molar-refractivity contribution in [2.24, 2.45) is 0 Å². The van der Waals surface area contributed by atoms with Crippen LogP contribution in [0.1, 0.15) is 12.5 Å². The molecule has 0 unspecified atom stereocenters. The zero-order valence-corrected chi connectivity index (χ0v) is 14.6. The Morgan fingerprint density at radius 2 is 2.08 bits per heavy atom. The number of anilines is 1. The number of aromatic nitrogens is 2. The summed E-state index contributed by atoms with van der Waals surface area (Å²) in [6, 6.07) is 13.3. The van der Waals surface area contributed by atoms with Crippen LogP contribution in [0.2, 0.25) is 0 Å². The predicted octanol–water partition coefficient (Wildman–Crippen LogP) is 3.21. The Hall–Kier alpha value is -2.73. The summed E-state index contributed by atoms with van der Waals surface area (Å²) in [7, 11) is 1.63. The molecular formula is C19H24N4O2. The number of nitrogens with one attached hydrogen (secondary N) is 2. The zero-order valence-electron chi connectivity index (χ0n) is 14.6. The molecule has 3 N–H and O–H groups in total. The lowest BCUT2D eigenvalue weighted by atomic mass is 10.1. The third-order valence-electron chi connectivity index (χ3n) is 4.24. The molecule has 25 heavy (non-hydrogen) atoms. The Labute approximate surface area is 147 Å². The van der Waals surface area contributed by atoms with Crippen LogP contribution in [0.5, 0.6) is 11.5 Å². The number of aromatic amines is 1. The molecule has 0 aliphatic carbocycles. The maximum Gasteiger partial charge on any atom is 0.201 e. The van der Waals surface area contributed by atoms with Crippen LogP contribution in [0, 0.1) is 0 Å². The van der Waals surface area contributed by atoms with Gasteiger partial charge in [0.15, 0.2) is 0 Å². The second-order valence-corrected chi connectivity index (χ2v) is 5.89. The molecule has 3 rings (SSSR count). The Morgan fingerprint density at radius 1 is 1.24 bits per heavy atom. The van der Waals surface area contributed by atoms with Crippen molar-refractivity contribution in [2.75, 3.05) is 32.1 Å². The van der Waals surface area contributed by atoms with Crippen LogP contribution >= 0.6 is 0 Å². The summed E-state index contributed by atoms with van der Waals surface area (Å²) in [5.74, 6) is 1.83. The first-order chi connectivity index (χ1) is 12.2. The molecule has 0 fully saturated rings. The molecule has 0 spiro atoms. The number of fused-ring (bicyclic) bond motifs is 1. The highest BCUT2D eigenvalue weighted by Gasteiger charge is 2.09. The summed E-state index contributed by atoms with van der Waals surface area (Å²) >= 11 is 0. The van der Waals surface area contributed by atoms with E-state index in [9.17, 15) is 5.11 Å². The van der Waals surface area contributed by atoms with Gasteiger partial charge in [0.1, 0.15) is 11.5 Å². The summed E-state index contributed by atoms with van der Waals surface area (Å²) in [4.78, 5) is 10.0. The lowest BCUT2D eigenvalue weighted by molar-refractivity contribution is 0.285. The molecule has 0 amide bonds. The quantitative estimate of drug-likeness (QED) is 0.587. The van der Waals surface area contributed by atoms with Crippen LogP contribution in [-0.4, -0.2) is 46.7 Å². The summed E-state index contributed by atoms with van der Waals surface area (Å²) in [6.07, 6.45) is 0. The van der Waals surface area contributed by atoms with E-state index in [2.05, 4.69) is 27.1 Å². The molecule has 0 saturated heterocycles. The van der Waals surface area contributed by atoms with Crippen molar-refractivity contribution < 1.29 is 9.84 Å². The van der Waals surface area contributed by atoms with Gasteiger partial charge in [-0.3, -0.25) is 4.90 Å². The molecule has 6 nitrogen and oxygen atoms in total. The molecule has 3 aromatic rings. The maximum atomic E-state index is 10.0. The number of nitrogens with zero attached hydrogens (tertiary/aromatic N) is 2. The van der Waals surface area contributed by atoms with Crippen molar-refractivity contribution in [1.82, 2.24) is 14.9 Å². The van der Waals surface area contributed by atoms with Crippen molar-refractivity contribution in [3.63, 3.8) is 0 Å². The van der Waals surface area contributed by atoms with Crippen molar-refractivity contribution in [3.8, 4) is 11.5 Å². The van der Waals surface area contributed by atoms with E-state index in [0.717, 1.165) is 47.9 Å². The first-order valence-electron chi connectivity index (χ1n) is 8.46. The van der Waals surface area contributed by atoms with E-state index in [1.165, 1.54) is 0 Å². The highest BCUT2D eigenvalue weighted by molar-refractivity contribution is 5.77. The highest BCUT2D eigenvalue weighted by atomic mass is 16.5. The second-order valence-electron chi connectivity index (χ2n) is 5.89. The van der Waals surface area contributed by atoms with Crippen molar-refractivity contribution >= 4 is 17.0 Å². The minimum atomic E-state index is 0.296. The van der Waals surface area contributed by atoms with Gasteiger partial charge in [-0.05, 0) is 36.9 Å². The van der Waals surface area contributed by atoms with E-state index in [1.807, 2.05) is 30.3 Å². The summed E-state index contributed by atoms with van der Waals surface area (Å²) in [5, 5.41) is 13.4. The molecule has 6 heteroatoms. The number of imidazole rings is 1. The number of phenols is 1. The van der Waals surface area contributed by atoms with Crippen LogP contribution in [0.3, 0.4) is 0 Å². The average molecular weight is 340 g/mol. The number of hydrogen-bond acceptors (Lipinski definition) is 5. The molecular weight excluding hydrogens is 316 g/mol. The van der Waals surface area contributed by atoms with Crippen molar-refractivity contribution in [1.29, 1.82) is 0 Å². The maximum absolute atomic E-state index is 10.0. The summed E-state index contributed by atoms with van der Waals surface area (Å²) in [5.41, 5.74) is 2.85. The number of methoxy groups -OCH3 is 1. The van der Waals surface area contributed by atoms with Gasteiger partial charge in [-0.15, -0.1) is 0 Å². The van der Waals surface area contributed by atoms with E-state index >= 15 is 0 Å². The number of ether oxygens (including phenoxy) is 1. The van der Waals surface area contributed by atoms with E-state index in [1.54, 1.807) is 19.2 Å². The standard InChI is InChI=1S/C19H24N4O2/c1-3-23(13-14-12-15(25-2)8-9-18(14)24)11-10-20-19-21-16-6-4-5-7-17(16)22-19/h4-9,12,24H,3,10-11,13H2,1-2H3,(H2,20,21,22). The minimum Gasteiger partial charge on any atom is -0.508 e. The van der Waals surface area contributed by atoms with Gasteiger partial charge >= 0.3 is 0 Å². The van der Waals surface area contributed by atoms with Gasteiger partial charge in [0.25, 0.3) is 0 Å². The number of phenolic OH excluding ortho intramolecular Hbond substituents is 1. The molecule has 2 aromatic carbocycles. The SMILES string of the molecule is CCN(CCNc1nc2ccccc2[nH]1)Cc1cc(OC)ccc1O. The van der Waals surface area contributed by atoms with Gasteiger partial charge in [-0.1, -0.05) is 19.1 Å². The topological polar surface area (TPSA) is 73.4 Å². The fraction of sp³-hybridized carbons (Fsp3) is 0.316. The van der Waals surface area contributed by atoms with Crippen molar-refractivity contribution in [3.05, 3.63) is 48.0 Å². The van der Waals surface area contributed by atoms with Crippen molar-refractivity contribution in [2.45, 2.75) is 13.5 Å². The molecule has 0 aliphatic heterocycles. The highest BCUT2D eigenvalue weighted by Crippen LogP contribution is 2.24. The predicted molar refractivity (Wildman–Crippen MR) is 100 cm³/mol. The Bertz CT molecular complexity index is 798. The van der Waals surface area contributed by atoms with Gasteiger partial charge in [0, 0.05) is 25.2 Å². The first kappa shape index (κ1) is 17.1. The van der Waals surface area contributed by atoms with Crippen LogP contribution in [-0.2, 0) is 6.54 Å². The molecule has 0 atom stereocenters. The molecule has 1 heterocycles. The molecule has 0 bridgehead atoms. The van der Waals surface area contributed by atoms with Crippen LogP contribution < -0.4 is 10.1 Å². The number of H-pyrrole nitrogens is 1. The Kier molecular flexibility index (Phi) is 5.40. The number of para-hydroxylation sites is 2. The van der Waals surface area contributed by atoms with E-state index in [-0.39, 0.29) is 0 Å². The Balaban J connectivity index is 1.57. The van der Waals surface area contributed by atoms with Gasteiger partial charge in [-0.2, -0.15) is 0 Å². The van der Waals surface area contributed by atoms with Crippen LogP contribution in [0.4, 0.5) is 5.95 Å². The number of benzene rings is 2. The minimum absolute atomic E-state index is 0.296. The smallest absolute Gasteiger partial charge is 0.201 e. The fourth-order valence-corrected chi connectivity index (χ4v) is 2.77. The molecule has 0 aliphatic rings.